The molecule has 0 spiro atoms. The Bertz CT molecular complexity index is 158. The second-order valence-corrected chi connectivity index (χ2v) is 3.15. The lowest BCUT2D eigenvalue weighted by molar-refractivity contribution is 0.631. The standard InChI is InChI=1S/C11H18N/c1-2-3-7-10-12-11-8-5-4-6-9-11/h4-6,8,12H,2-3,7,9-10H2,1H3. The molecule has 0 aromatic carbocycles. The SMILES string of the molecule is CCCCCN[C]1C=CC=CC1. The van der Waals surface area contributed by atoms with Gasteiger partial charge in [-0.1, -0.05) is 44.1 Å². The molecule has 1 heteroatoms. The minimum atomic E-state index is 1.07. The summed E-state index contributed by atoms with van der Waals surface area (Å²) in [5, 5.41) is 3.44. The van der Waals surface area contributed by atoms with Crippen molar-refractivity contribution in [2.24, 2.45) is 0 Å². The van der Waals surface area contributed by atoms with Gasteiger partial charge in [-0.15, -0.1) is 0 Å². The molecule has 0 saturated heterocycles. The number of rotatable bonds is 5. The van der Waals surface area contributed by atoms with Crippen molar-refractivity contribution in [2.75, 3.05) is 6.54 Å². The van der Waals surface area contributed by atoms with E-state index in [2.05, 4.69) is 36.5 Å². The highest BCUT2D eigenvalue weighted by molar-refractivity contribution is 5.22. The molecule has 1 aliphatic carbocycles. The quantitative estimate of drug-likeness (QED) is 0.616. The van der Waals surface area contributed by atoms with Crippen LogP contribution in [0, 0.1) is 6.04 Å². The van der Waals surface area contributed by atoms with Crippen LogP contribution in [0.25, 0.3) is 0 Å². The molecule has 0 amide bonds. The summed E-state index contributed by atoms with van der Waals surface area (Å²) in [6.07, 6.45) is 13.5. The minimum Gasteiger partial charge on any atom is -0.306 e. The number of unbranched alkanes of at least 4 members (excludes halogenated alkanes) is 2. The van der Waals surface area contributed by atoms with Crippen molar-refractivity contribution in [3.05, 3.63) is 30.3 Å². The first-order valence-corrected chi connectivity index (χ1v) is 4.86. The van der Waals surface area contributed by atoms with Crippen molar-refractivity contribution >= 4 is 0 Å². The first kappa shape index (κ1) is 9.53. The normalized spacial score (nSPS) is 17.1. The Kier molecular flexibility index (Phi) is 4.77. The highest BCUT2D eigenvalue weighted by Crippen LogP contribution is 2.09. The van der Waals surface area contributed by atoms with Gasteiger partial charge < -0.3 is 5.32 Å². The first-order chi connectivity index (χ1) is 5.93. The van der Waals surface area contributed by atoms with Crippen LogP contribution in [0.5, 0.6) is 0 Å². The summed E-state index contributed by atoms with van der Waals surface area (Å²) in [5.74, 6) is 0. The van der Waals surface area contributed by atoms with Gasteiger partial charge in [-0.3, -0.25) is 0 Å². The van der Waals surface area contributed by atoms with Crippen LogP contribution in [-0.4, -0.2) is 6.54 Å². The Morgan fingerprint density at radius 1 is 1.33 bits per heavy atom. The van der Waals surface area contributed by atoms with Crippen LogP contribution in [0.3, 0.4) is 0 Å². The summed E-state index contributed by atoms with van der Waals surface area (Å²) < 4.78 is 0. The molecule has 1 N–H and O–H groups in total. The largest absolute Gasteiger partial charge is 0.306 e. The minimum absolute atomic E-state index is 1.07. The first-order valence-electron chi connectivity index (χ1n) is 4.86. The third-order valence-corrected chi connectivity index (χ3v) is 2.01. The molecule has 67 valence electrons. The third kappa shape index (κ3) is 3.72. The lowest BCUT2D eigenvalue weighted by Crippen LogP contribution is -2.20. The van der Waals surface area contributed by atoms with E-state index in [4.69, 9.17) is 0 Å². The maximum atomic E-state index is 3.44. The zero-order chi connectivity index (χ0) is 8.65. The van der Waals surface area contributed by atoms with Gasteiger partial charge in [0, 0.05) is 0 Å². The molecule has 1 rings (SSSR count). The smallest absolute Gasteiger partial charge is 0.0626 e. The summed E-state index contributed by atoms with van der Waals surface area (Å²) >= 11 is 0. The average Bonchev–Trinajstić information content (AvgIpc) is 2.14. The monoisotopic (exact) mass is 164 g/mol. The Morgan fingerprint density at radius 3 is 2.92 bits per heavy atom. The van der Waals surface area contributed by atoms with Crippen molar-refractivity contribution < 1.29 is 0 Å². The van der Waals surface area contributed by atoms with Gasteiger partial charge in [0.05, 0.1) is 6.04 Å². The number of hydrogen-bond acceptors (Lipinski definition) is 1. The number of nitrogens with one attached hydrogen (secondary N) is 1. The molecule has 1 aliphatic rings. The molecule has 0 heterocycles. The number of hydrogen-bond donors (Lipinski definition) is 1. The van der Waals surface area contributed by atoms with Gasteiger partial charge in [0.15, 0.2) is 0 Å². The van der Waals surface area contributed by atoms with Gasteiger partial charge in [0.2, 0.25) is 0 Å². The lowest BCUT2D eigenvalue weighted by Gasteiger charge is -2.13. The fourth-order valence-electron chi connectivity index (χ4n) is 1.27. The van der Waals surface area contributed by atoms with Crippen LogP contribution in [0.15, 0.2) is 24.3 Å². The molecular weight excluding hydrogens is 146 g/mol. The zero-order valence-electron chi connectivity index (χ0n) is 7.84. The van der Waals surface area contributed by atoms with Gasteiger partial charge in [-0.2, -0.15) is 0 Å². The predicted molar refractivity (Wildman–Crippen MR) is 53.7 cm³/mol. The Morgan fingerprint density at radius 2 is 2.25 bits per heavy atom. The Balaban J connectivity index is 2.00. The molecule has 0 aromatic heterocycles. The zero-order valence-corrected chi connectivity index (χ0v) is 7.84. The third-order valence-electron chi connectivity index (χ3n) is 2.01. The Hall–Kier alpha value is -0.560. The molecule has 0 unspecified atom stereocenters. The van der Waals surface area contributed by atoms with E-state index >= 15 is 0 Å². The van der Waals surface area contributed by atoms with Crippen LogP contribution in [0.2, 0.25) is 0 Å². The second-order valence-electron chi connectivity index (χ2n) is 3.15. The highest BCUT2D eigenvalue weighted by atomic mass is 14.9. The van der Waals surface area contributed by atoms with Crippen molar-refractivity contribution in [2.45, 2.75) is 32.6 Å². The van der Waals surface area contributed by atoms with Gasteiger partial charge in [-0.25, -0.2) is 0 Å². The topological polar surface area (TPSA) is 12.0 Å². The van der Waals surface area contributed by atoms with E-state index in [0.29, 0.717) is 0 Å². The molecule has 12 heavy (non-hydrogen) atoms. The van der Waals surface area contributed by atoms with E-state index in [9.17, 15) is 0 Å². The van der Waals surface area contributed by atoms with Crippen LogP contribution in [-0.2, 0) is 0 Å². The van der Waals surface area contributed by atoms with Crippen LogP contribution < -0.4 is 5.32 Å². The molecule has 0 aromatic rings. The summed E-state index contributed by atoms with van der Waals surface area (Å²) in [4.78, 5) is 0. The highest BCUT2D eigenvalue weighted by Gasteiger charge is 2.03. The molecule has 0 bridgehead atoms. The van der Waals surface area contributed by atoms with E-state index < -0.39 is 0 Å². The van der Waals surface area contributed by atoms with E-state index in [-0.39, 0.29) is 0 Å². The summed E-state index contributed by atoms with van der Waals surface area (Å²) in [6.45, 7) is 3.36. The fourth-order valence-corrected chi connectivity index (χ4v) is 1.27. The van der Waals surface area contributed by atoms with Crippen LogP contribution in [0.1, 0.15) is 32.6 Å². The predicted octanol–water partition coefficient (Wildman–Crippen LogP) is 2.81. The molecule has 1 nitrogen and oxygen atoms in total. The van der Waals surface area contributed by atoms with Gasteiger partial charge >= 0.3 is 0 Å². The maximum absolute atomic E-state index is 3.44. The van der Waals surface area contributed by atoms with Crippen LogP contribution >= 0.6 is 0 Å². The van der Waals surface area contributed by atoms with Crippen LogP contribution in [0.4, 0.5) is 0 Å². The van der Waals surface area contributed by atoms with Gasteiger partial charge in [-0.05, 0) is 19.4 Å². The second kappa shape index (κ2) is 6.01. The summed E-state index contributed by atoms with van der Waals surface area (Å²) in [6, 6.07) is 1.36. The molecule has 0 fully saturated rings. The fraction of sp³-hybridized carbons (Fsp3) is 0.545. The van der Waals surface area contributed by atoms with Gasteiger partial charge in [0.1, 0.15) is 0 Å². The van der Waals surface area contributed by atoms with E-state index in [1.807, 2.05) is 0 Å². The molecule has 0 atom stereocenters. The van der Waals surface area contributed by atoms with Gasteiger partial charge in [0.25, 0.3) is 0 Å². The van der Waals surface area contributed by atoms with Crippen molar-refractivity contribution in [1.82, 2.24) is 5.32 Å². The average molecular weight is 164 g/mol. The maximum Gasteiger partial charge on any atom is 0.0626 e. The molecular formula is C11H18N. The van der Waals surface area contributed by atoms with E-state index in [1.165, 1.54) is 25.3 Å². The molecule has 0 saturated carbocycles. The van der Waals surface area contributed by atoms with Crippen molar-refractivity contribution in [3.63, 3.8) is 0 Å². The molecule has 0 aliphatic heterocycles. The van der Waals surface area contributed by atoms with E-state index in [0.717, 1.165) is 13.0 Å². The molecule has 1 radical (unpaired) electrons. The van der Waals surface area contributed by atoms with Crippen molar-refractivity contribution in [3.8, 4) is 0 Å². The van der Waals surface area contributed by atoms with Crippen molar-refractivity contribution in [1.29, 1.82) is 0 Å². The lowest BCUT2D eigenvalue weighted by atomic mass is 10.1. The number of allylic oxidation sites excluding steroid dienone is 2. The van der Waals surface area contributed by atoms with E-state index in [1.54, 1.807) is 0 Å². The Labute approximate surface area is 75.6 Å². The summed E-state index contributed by atoms with van der Waals surface area (Å²) in [7, 11) is 0. The summed E-state index contributed by atoms with van der Waals surface area (Å²) in [5.41, 5.74) is 0.